The fraction of sp³-hybridized carbons (Fsp3) is 0.250. The Morgan fingerprint density at radius 3 is 2.42 bits per heavy atom. The average molecular weight is 182 g/mol. The maximum Gasteiger partial charge on any atom is 0.101 e. The van der Waals surface area contributed by atoms with Crippen LogP contribution in [0.5, 0.6) is 0 Å². The highest BCUT2D eigenvalue weighted by Crippen LogP contribution is 1.89. The van der Waals surface area contributed by atoms with E-state index in [0.29, 0.717) is 5.56 Å². The minimum absolute atomic E-state index is 0.604. The molecule has 0 aliphatic heterocycles. The second-order valence-electron chi connectivity index (χ2n) is 2.10. The predicted molar refractivity (Wildman–Crippen MR) is 48.9 cm³/mol. The van der Waals surface area contributed by atoms with E-state index in [0.717, 1.165) is 0 Å². The molecule has 0 spiro atoms. The van der Waals surface area contributed by atoms with Gasteiger partial charge in [0.25, 0.3) is 0 Å². The zero-order valence-corrected chi connectivity index (χ0v) is 7.84. The Balaban J connectivity index is 0.000000261. The molecule has 0 aromatic carbocycles. The molecule has 0 N–H and O–H groups in total. The lowest BCUT2D eigenvalue weighted by Gasteiger charge is -1.79. The number of pyridine rings is 1. The van der Waals surface area contributed by atoms with Crippen molar-refractivity contribution in [1.82, 2.24) is 4.98 Å². The number of hydrogen-bond acceptors (Lipinski definition) is 3. The Labute approximate surface area is 74.5 Å². The van der Waals surface area contributed by atoms with Gasteiger partial charge in [-0.25, -0.2) is 0 Å². The van der Waals surface area contributed by atoms with Gasteiger partial charge >= 0.3 is 0 Å². The molecule has 0 unspecified atom stereocenters. The van der Waals surface area contributed by atoms with Gasteiger partial charge in [0, 0.05) is 35.7 Å². The van der Waals surface area contributed by atoms with Crippen LogP contribution in [0.4, 0.5) is 0 Å². The molecule has 0 saturated carbocycles. The van der Waals surface area contributed by atoms with Gasteiger partial charge in [0.1, 0.15) is 6.07 Å². The lowest BCUT2D eigenvalue weighted by molar-refractivity contribution is 0.690. The van der Waals surface area contributed by atoms with Crippen molar-refractivity contribution >= 4 is 10.8 Å². The fourth-order valence-electron chi connectivity index (χ4n) is 0.429. The molecule has 1 aromatic heterocycles. The molecule has 0 atom stereocenters. The van der Waals surface area contributed by atoms with E-state index in [1.54, 1.807) is 30.8 Å². The second kappa shape index (κ2) is 6.50. The van der Waals surface area contributed by atoms with Crippen LogP contribution in [-0.2, 0) is 10.8 Å². The number of aromatic nitrogens is 1. The smallest absolute Gasteiger partial charge is 0.101 e. The molecule has 0 amide bonds. The van der Waals surface area contributed by atoms with Crippen molar-refractivity contribution in [3.8, 4) is 6.07 Å². The average Bonchev–Trinajstić information content (AvgIpc) is 2.05. The van der Waals surface area contributed by atoms with E-state index >= 15 is 0 Å². The van der Waals surface area contributed by atoms with E-state index in [2.05, 4.69) is 4.98 Å². The highest BCUT2D eigenvalue weighted by atomic mass is 32.2. The maximum absolute atomic E-state index is 9.56. The zero-order valence-electron chi connectivity index (χ0n) is 7.02. The first-order chi connectivity index (χ1) is 5.66. The second-order valence-corrected chi connectivity index (χ2v) is 3.58. The van der Waals surface area contributed by atoms with Crippen molar-refractivity contribution in [2.45, 2.75) is 0 Å². The van der Waals surface area contributed by atoms with Crippen LogP contribution in [0.1, 0.15) is 5.56 Å². The summed E-state index contributed by atoms with van der Waals surface area (Å²) in [7, 11) is -0.611. The molecule has 12 heavy (non-hydrogen) atoms. The Morgan fingerprint density at radius 2 is 2.17 bits per heavy atom. The van der Waals surface area contributed by atoms with Gasteiger partial charge in [0.15, 0.2) is 0 Å². The lowest BCUT2D eigenvalue weighted by atomic mass is 10.3. The largest absolute Gasteiger partial charge is 0.263 e. The molecule has 0 bridgehead atoms. The third-order valence-electron chi connectivity index (χ3n) is 0.791. The summed E-state index contributed by atoms with van der Waals surface area (Å²) in [5.74, 6) is 0. The molecule has 1 heterocycles. The van der Waals surface area contributed by atoms with E-state index < -0.39 is 10.8 Å². The molecular weight excluding hydrogens is 172 g/mol. The first kappa shape index (κ1) is 10.8. The number of hydrogen-bond donors (Lipinski definition) is 0. The third kappa shape index (κ3) is 6.90. The van der Waals surface area contributed by atoms with Gasteiger partial charge in [0.05, 0.1) is 5.56 Å². The molecule has 0 aliphatic rings. The summed E-state index contributed by atoms with van der Waals surface area (Å²) in [5.41, 5.74) is 0.604. The van der Waals surface area contributed by atoms with Gasteiger partial charge in [-0.3, -0.25) is 9.19 Å². The van der Waals surface area contributed by atoms with Crippen molar-refractivity contribution in [2.24, 2.45) is 0 Å². The van der Waals surface area contributed by atoms with Crippen LogP contribution >= 0.6 is 0 Å². The molecule has 0 saturated heterocycles. The molecule has 0 fully saturated rings. The van der Waals surface area contributed by atoms with Gasteiger partial charge < -0.3 is 0 Å². The topological polar surface area (TPSA) is 53.8 Å². The molecule has 0 radical (unpaired) electrons. The van der Waals surface area contributed by atoms with Gasteiger partial charge in [-0.05, 0) is 12.1 Å². The zero-order chi connectivity index (χ0) is 9.40. The summed E-state index contributed by atoms with van der Waals surface area (Å²) in [6.07, 6.45) is 6.45. The summed E-state index contributed by atoms with van der Waals surface area (Å²) in [5, 5.41) is 8.25. The normalized spacial score (nSPS) is 8.17. The summed E-state index contributed by atoms with van der Waals surface area (Å²) < 4.78 is 9.56. The van der Waals surface area contributed by atoms with Crippen molar-refractivity contribution in [1.29, 1.82) is 5.26 Å². The number of nitriles is 1. The van der Waals surface area contributed by atoms with E-state index in [4.69, 9.17) is 5.26 Å². The molecular formula is C8H10N2OS. The highest BCUT2D eigenvalue weighted by Gasteiger charge is 1.80. The van der Waals surface area contributed by atoms with E-state index in [1.165, 1.54) is 6.20 Å². The van der Waals surface area contributed by atoms with Gasteiger partial charge in [0.2, 0.25) is 0 Å². The molecule has 1 rings (SSSR count). The van der Waals surface area contributed by atoms with Crippen molar-refractivity contribution in [3.63, 3.8) is 0 Å². The molecule has 64 valence electrons. The van der Waals surface area contributed by atoms with E-state index in [-0.39, 0.29) is 0 Å². The number of rotatable bonds is 0. The van der Waals surface area contributed by atoms with Crippen LogP contribution in [0.2, 0.25) is 0 Å². The van der Waals surface area contributed by atoms with Crippen LogP contribution in [-0.4, -0.2) is 21.7 Å². The molecule has 4 heteroatoms. The Bertz CT molecular complexity index is 275. The fourth-order valence-corrected chi connectivity index (χ4v) is 0.429. The highest BCUT2D eigenvalue weighted by molar-refractivity contribution is 7.83. The SMILES string of the molecule is CS(C)=O.N#Cc1cccnc1. The van der Waals surface area contributed by atoms with E-state index in [9.17, 15) is 4.21 Å². The van der Waals surface area contributed by atoms with E-state index in [1.807, 2.05) is 6.07 Å². The Hall–Kier alpha value is -1.21. The summed E-state index contributed by atoms with van der Waals surface area (Å²) in [6.45, 7) is 0. The summed E-state index contributed by atoms with van der Waals surface area (Å²) in [4.78, 5) is 3.73. The van der Waals surface area contributed by atoms with Crippen molar-refractivity contribution < 1.29 is 4.21 Å². The molecule has 0 aliphatic carbocycles. The van der Waals surface area contributed by atoms with Crippen molar-refractivity contribution in [3.05, 3.63) is 30.1 Å². The first-order valence-corrected chi connectivity index (χ1v) is 5.18. The third-order valence-corrected chi connectivity index (χ3v) is 0.791. The van der Waals surface area contributed by atoms with Crippen LogP contribution in [0.25, 0.3) is 0 Å². The van der Waals surface area contributed by atoms with Gasteiger partial charge in [-0.1, -0.05) is 0 Å². The summed E-state index contributed by atoms with van der Waals surface area (Å²) in [6, 6.07) is 5.41. The summed E-state index contributed by atoms with van der Waals surface area (Å²) >= 11 is 0. The molecule has 1 aromatic rings. The predicted octanol–water partition coefficient (Wildman–Crippen LogP) is 0.948. The van der Waals surface area contributed by atoms with Crippen molar-refractivity contribution in [2.75, 3.05) is 12.5 Å². The monoisotopic (exact) mass is 182 g/mol. The van der Waals surface area contributed by atoms with Crippen LogP contribution < -0.4 is 0 Å². The molecule has 3 nitrogen and oxygen atoms in total. The quantitative estimate of drug-likeness (QED) is 0.600. The first-order valence-electron chi connectivity index (χ1n) is 3.22. The Morgan fingerprint density at radius 1 is 1.58 bits per heavy atom. The van der Waals surface area contributed by atoms with Gasteiger partial charge in [-0.2, -0.15) is 5.26 Å². The standard InChI is InChI=1S/C6H4N2.C2H6OS/c7-4-6-2-1-3-8-5-6;1-4(2)3/h1-3,5H;1-2H3. The minimum atomic E-state index is -0.611. The number of nitrogens with zero attached hydrogens (tertiary/aromatic N) is 2. The van der Waals surface area contributed by atoms with Gasteiger partial charge in [-0.15, -0.1) is 0 Å². The van der Waals surface area contributed by atoms with Crippen LogP contribution in [0.3, 0.4) is 0 Å². The lowest BCUT2D eigenvalue weighted by Crippen LogP contribution is -1.72. The van der Waals surface area contributed by atoms with Crippen LogP contribution in [0, 0.1) is 11.3 Å². The maximum atomic E-state index is 9.56. The minimum Gasteiger partial charge on any atom is -0.263 e. The van der Waals surface area contributed by atoms with Crippen LogP contribution in [0.15, 0.2) is 24.5 Å². The Kier molecular flexibility index (Phi) is 5.84.